The topological polar surface area (TPSA) is 69.8 Å². The third-order valence-electron chi connectivity index (χ3n) is 3.34. The summed E-state index contributed by atoms with van der Waals surface area (Å²) in [6.07, 6.45) is 6.43. The minimum atomic E-state index is 0.0486. The molecule has 3 rings (SSSR count). The van der Waals surface area contributed by atoms with Crippen LogP contribution in [-0.4, -0.2) is 28.5 Å². The second-order valence-electron chi connectivity index (χ2n) is 5.07. The van der Waals surface area contributed by atoms with E-state index in [2.05, 4.69) is 20.6 Å². The Balaban J connectivity index is 1.50. The van der Waals surface area contributed by atoms with E-state index in [-0.39, 0.29) is 5.91 Å². The van der Waals surface area contributed by atoms with Gasteiger partial charge in [-0.05, 0) is 30.5 Å². The Morgan fingerprint density at radius 2 is 2.10 bits per heavy atom. The fraction of sp³-hybridized carbons (Fsp3) is 0.333. The summed E-state index contributed by atoms with van der Waals surface area (Å²) in [5.41, 5.74) is 2.84. The maximum atomic E-state index is 11.8. The molecular weight excluding hydrogens is 252 g/mol. The predicted octanol–water partition coefficient (Wildman–Crippen LogP) is 2.16. The molecule has 1 aliphatic carbocycles. The molecule has 0 aliphatic heterocycles. The van der Waals surface area contributed by atoms with Crippen LogP contribution in [0.3, 0.4) is 0 Å². The van der Waals surface area contributed by atoms with E-state index in [0.717, 1.165) is 23.5 Å². The Labute approximate surface area is 117 Å². The Morgan fingerprint density at radius 3 is 2.75 bits per heavy atom. The number of nitrogens with one attached hydrogen (secondary N) is 3. The summed E-state index contributed by atoms with van der Waals surface area (Å²) < 4.78 is 0. The third kappa shape index (κ3) is 3.45. The van der Waals surface area contributed by atoms with E-state index in [9.17, 15) is 4.79 Å². The number of aromatic nitrogens is 2. The average Bonchev–Trinajstić information content (AvgIpc) is 3.11. The van der Waals surface area contributed by atoms with Crippen LogP contribution in [0.15, 0.2) is 36.8 Å². The van der Waals surface area contributed by atoms with Crippen molar-refractivity contribution in [3.63, 3.8) is 0 Å². The number of carbonyl (C=O) groups excluding carboxylic acids is 1. The van der Waals surface area contributed by atoms with Crippen molar-refractivity contribution in [2.45, 2.75) is 25.3 Å². The summed E-state index contributed by atoms with van der Waals surface area (Å²) in [7, 11) is 0. The zero-order chi connectivity index (χ0) is 13.8. The molecule has 104 valence electrons. The van der Waals surface area contributed by atoms with Crippen molar-refractivity contribution in [2.75, 3.05) is 11.9 Å². The molecule has 1 saturated carbocycles. The number of carbonyl (C=O) groups is 1. The highest BCUT2D eigenvalue weighted by atomic mass is 16.1. The molecule has 1 aromatic carbocycles. The minimum Gasteiger partial charge on any atom is -0.345 e. The molecule has 1 heterocycles. The van der Waals surface area contributed by atoms with Gasteiger partial charge in [-0.1, -0.05) is 12.1 Å². The Kier molecular flexibility index (Phi) is 3.78. The van der Waals surface area contributed by atoms with Gasteiger partial charge >= 0.3 is 0 Å². The standard InChI is InChI=1S/C15H18N4O/c20-15(7-8-17-12-5-6-12)19-13-3-1-11(2-4-13)14-9-16-10-18-14/h1-4,9-10,12,17H,5-8H2,(H,16,18)(H,19,20). The lowest BCUT2D eigenvalue weighted by molar-refractivity contribution is -0.116. The van der Waals surface area contributed by atoms with Gasteiger partial charge < -0.3 is 15.6 Å². The molecule has 1 aliphatic rings. The number of nitrogens with zero attached hydrogens (tertiary/aromatic N) is 1. The molecule has 20 heavy (non-hydrogen) atoms. The van der Waals surface area contributed by atoms with Gasteiger partial charge in [0.25, 0.3) is 0 Å². The van der Waals surface area contributed by atoms with Crippen LogP contribution in [0.4, 0.5) is 5.69 Å². The third-order valence-corrected chi connectivity index (χ3v) is 3.34. The molecule has 2 aromatic rings. The summed E-state index contributed by atoms with van der Waals surface area (Å²) in [6.45, 7) is 0.753. The van der Waals surface area contributed by atoms with Crippen LogP contribution in [-0.2, 0) is 4.79 Å². The maximum absolute atomic E-state index is 11.8. The van der Waals surface area contributed by atoms with Gasteiger partial charge in [-0.3, -0.25) is 4.79 Å². The number of amides is 1. The lowest BCUT2D eigenvalue weighted by Gasteiger charge is -2.06. The quantitative estimate of drug-likeness (QED) is 0.753. The smallest absolute Gasteiger partial charge is 0.225 e. The number of hydrogen-bond donors (Lipinski definition) is 3. The molecule has 0 unspecified atom stereocenters. The van der Waals surface area contributed by atoms with Crippen LogP contribution in [0.25, 0.3) is 11.3 Å². The van der Waals surface area contributed by atoms with Gasteiger partial charge in [-0.25, -0.2) is 4.98 Å². The fourth-order valence-corrected chi connectivity index (χ4v) is 2.05. The molecule has 5 nitrogen and oxygen atoms in total. The summed E-state index contributed by atoms with van der Waals surface area (Å²) in [4.78, 5) is 18.8. The van der Waals surface area contributed by atoms with Gasteiger partial charge in [0, 0.05) is 24.7 Å². The molecule has 1 fully saturated rings. The van der Waals surface area contributed by atoms with Crippen LogP contribution in [0.2, 0.25) is 0 Å². The largest absolute Gasteiger partial charge is 0.345 e. The zero-order valence-electron chi connectivity index (χ0n) is 11.2. The van der Waals surface area contributed by atoms with E-state index >= 15 is 0 Å². The molecule has 0 atom stereocenters. The van der Waals surface area contributed by atoms with Crippen molar-refractivity contribution < 1.29 is 4.79 Å². The number of imidazole rings is 1. The number of anilines is 1. The van der Waals surface area contributed by atoms with Crippen molar-refractivity contribution in [1.82, 2.24) is 15.3 Å². The summed E-state index contributed by atoms with van der Waals surface area (Å²) in [6, 6.07) is 8.39. The maximum Gasteiger partial charge on any atom is 0.225 e. The number of rotatable bonds is 6. The van der Waals surface area contributed by atoms with E-state index in [1.807, 2.05) is 24.3 Å². The second-order valence-corrected chi connectivity index (χ2v) is 5.07. The fourth-order valence-electron chi connectivity index (χ4n) is 2.05. The average molecular weight is 270 g/mol. The Hall–Kier alpha value is -2.14. The second kappa shape index (κ2) is 5.88. The van der Waals surface area contributed by atoms with Crippen molar-refractivity contribution in [3.05, 3.63) is 36.8 Å². The first-order valence-electron chi connectivity index (χ1n) is 6.93. The number of benzene rings is 1. The number of hydrogen-bond acceptors (Lipinski definition) is 3. The van der Waals surface area contributed by atoms with Crippen molar-refractivity contribution in [2.24, 2.45) is 0 Å². The Morgan fingerprint density at radius 1 is 1.30 bits per heavy atom. The summed E-state index contributed by atoms with van der Waals surface area (Å²) in [5.74, 6) is 0.0486. The van der Waals surface area contributed by atoms with Gasteiger partial charge in [-0.2, -0.15) is 0 Å². The molecule has 5 heteroatoms. The first-order chi connectivity index (χ1) is 9.81. The van der Waals surface area contributed by atoms with Crippen LogP contribution in [0, 0.1) is 0 Å². The van der Waals surface area contributed by atoms with Crippen LogP contribution < -0.4 is 10.6 Å². The lowest BCUT2D eigenvalue weighted by Crippen LogP contribution is -2.23. The van der Waals surface area contributed by atoms with Gasteiger partial charge in [0.15, 0.2) is 0 Å². The normalized spacial score (nSPS) is 14.2. The summed E-state index contributed by atoms with van der Waals surface area (Å²) in [5, 5.41) is 6.23. The van der Waals surface area contributed by atoms with Crippen molar-refractivity contribution >= 4 is 11.6 Å². The first kappa shape index (κ1) is 12.9. The van der Waals surface area contributed by atoms with E-state index in [0.29, 0.717) is 12.5 Å². The van der Waals surface area contributed by atoms with E-state index in [1.165, 1.54) is 12.8 Å². The van der Waals surface area contributed by atoms with E-state index < -0.39 is 0 Å². The van der Waals surface area contributed by atoms with Crippen molar-refractivity contribution in [3.8, 4) is 11.3 Å². The monoisotopic (exact) mass is 270 g/mol. The van der Waals surface area contributed by atoms with Gasteiger partial charge in [0.1, 0.15) is 0 Å². The molecule has 1 amide bonds. The van der Waals surface area contributed by atoms with Crippen LogP contribution >= 0.6 is 0 Å². The molecule has 1 aromatic heterocycles. The Bertz CT molecular complexity index is 558. The lowest BCUT2D eigenvalue weighted by atomic mass is 10.1. The van der Waals surface area contributed by atoms with E-state index in [1.54, 1.807) is 12.5 Å². The van der Waals surface area contributed by atoms with Gasteiger partial charge in [0.2, 0.25) is 5.91 Å². The van der Waals surface area contributed by atoms with E-state index in [4.69, 9.17) is 0 Å². The van der Waals surface area contributed by atoms with Crippen molar-refractivity contribution in [1.29, 1.82) is 0 Å². The summed E-state index contributed by atoms with van der Waals surface area (Å²) >= 11 is 0. The number of H-pyrrole nitrogens is 1. The van der Waals surface area contributed by atoms with Gasteiger partial charge in [0.05, 0.1) is 18.2 Å². The van der Waals surface area contributed by atoms with Gasteiger partial charge in [-0.15, -0.1) is 0 Å². The minimum absolute atomic E-state index is 0.0486. The molecule has 0 radical (unpaired) electrons. The highest BCUT2D eigenvalue weighted by Gasteiger charge is 2.20. The first-order valence-corrected chi connectivity index (χ1v) is 6.93. The molecule has 0 spiro atoms. The van der Waals surface area contributed by atoms with Crippen LogP contribution in [0.1, 0.15) is 19.3 Å². The molecular formula is C15H18N4O. The highest BCUT2D eigenvalue weighted by Crippen LogP contribution is 2.19. The molecule has 0 saturated heterocycles. The SMILES string of the molecule is O=C(CCNC1CC1)Nc1ccc(-c2cnc[nH]2)cc1. The number of aromatic amines is 1. The molecule has 0 bridgehead atoms. The van der Waals surface area contributed by atoms with Crippen LogP contribution in [0.5, 0.6) is 0 Å². The zero-order valence-corrected chi connectivity index (χ0v) is 11.2. The highest BCUT2D eigenvalue weighted by molar-refractivity contribution is 5.91. The molecule has 3 N–H and O–H groups in total. The predicted molar refractivity (Wildman–Crippen MR) is 78.3 cm³/mol.